The molecule has 0 N–H and O–H groups in total. The first-order valence-corrected chi connectivity index (χ1v) is 22.7. The third kappa shape index (κ3) is 6.00. The molecule has 0 saturated heterocycles. The highest BCUT2D eigenvalue weighted by Gasteiger charge is 2.41. The molecule has 0 aliphatic heterocycles. The van der Waals surface area contributed by atoms with Crippen molar-refractivity contribution in [1.29, 1.82) is 0 Å². The summed E-state index contributed by atoms with van der Waals surface area (Å²) in [6, 6.07) is 65.8. The second-order valence-electron chi connectivity index (χ2n) is 17.6. The van der Waals surface area contributed by atoms with Crippen LogP contribution in [0.25, 0.3) is 63.6 Å². The Morgan fingerprint density at radius 1 is 0.477 bits per heavy atom. The number of fused-ring (bicyclic) bond motifs is 10. The lowest BCUT2D eigenvalue weighted by Crippen LogP contribution is -2.16. The summed E-state index contributed by atoms with van der Waals surface area (Å²) >= 11 is 1.77. The minimum Gasteiger partial charge on any atom is -0.310 e. The third-order valence-corrected chi connectivity index (χ3v) is 14.7. The zero-order valence-electron chi connectivity index (χ0n) is 35.9. The highest BCUT2D eigenvalue weighted by Crippen LogP contribution is 2.60. The highest BCUT2D eigenvalue weighted by molar-refractivity contribution is 7.26. The zero-order valence-corrected chi connectivity index (χ0v) is 36.7. The molecule has 0 atom stereocenters. The molecule has 0 bridgehead atoms. The number of aryl methyl sites for hydroxylation is 1. The molecule has 0 saturated carbocycles. The van der Waals surface area contributed by atoms with Gasteiger partial charge in [0.25, 0.3) is 0 Å². The summed E-state index contributed by atoms with van der Waals surface area (Å²) in [5, 5.41) is 7.85. The van der Waals surface area contributed by atoms with E-state index in [-0.39, 0.29) is 10.8 Å². The van der Waals surface area contributed by atoms with Crippen molar-refractivity contribution in [3.05, 3.63) is 216 Å². The Balaban J connectivity index is 1.18. The van der Waals surface area contributed by atoms with Gasteiger partial charge in [-0.25, -0.2) is 0 Å². The second kappa shape index (κ2) is 14.6. The largest absolute Gasteiger partial charge is 0.417 e. The lowest BCUT2D eigenvalue weighted by molar-refractivity contribution is -0.136. The molecule has 1 aromatic heterocycles. The van der Waals surface area contributed by atoms with Gasteiger partial charge in [-0.15, -0.1) is 11.3 Å². The van der Waals surface area contributed by atoms with Gasteiger partial charge >= 0.3 is 6.18 Å². The molecule has 11 aromatic rings. The molecule has 12 rings (SSSR count). The number of hydrogen-bond donors (Lipinski definition) is 0. The maximum absolute atomic E-state index is 14.4. The lowest BCUT2D eigenvalue weighted by Gasteiger charge is -2.30. The Morgan fingerprint density at radius 3 is 1.77 bits per heavy atom. The van der Waals surface area contributed by atoms with Gasteiger partial charge in [0.2, 0.25) is 0 Å². The quantitative estimate of drug-likeness (QED) is 0.164. The number of rotatable bonds is 6. The molecule has 0 unspecified atom stereocenters. The van der Waals surface area contributed by atoms with Crippen LogP contribution < -0.4 is 9.80 Å². The smallest absolute Gasteiger partial charge is 0.310 e. The maximum Gasteiger partial charge on any atom is 0.417 e. The predicted molar refractivity (Wildman–Crippen MR) is 269 cm³/mol. The van der Waals surface area contributed by atoms with E-state index in [0.29, 0.717) is 11.1 Å². The van der Waals surface area contributed by atoms with E-state index in [1.807, 2.05) is 36.4 Å². The molecule has 65 heavy (non-hydrogen) atoms. The van der Waals surface area contributed by atoms with Crippen LogP contribution in [0.2, 0.25) is 0 Å². The molecule has 6 heteroatoms. The molecular formula is C59H41F3N2S. The van der Waals surface area contributed by atoms with Crippen LogP contribution in [0.4, 0.5) is 47.3 Å². The van der Waals surface area contributed by atoms with Crippen molar-refractivity contribution in [2.24, 2.45) is 0 Å². The topological polar surface area (TPSA) is 6.48 Å². The summed E-state index contributed by atoms with van der Waals surface area (Å²) in [6.07, 6.45) is -4.50. The number of hydrogen-bond acceptors (Lipinski definition) is 3. The van der Waals surface area contributed by atoms with Gasteiger partial charge in [-0.1, -0.05) is 147 Å². The summed E-state index contributed by atoms with van der Waals surface area (Å²) in [5.41, 5.74) is 11.0. The fraction of sp³-hybridized carbons (Fsp3) is 0.0847. The monoisotopic (exact) mass is 866 g/mol. The van der Waals surface area contributed by atoms with E-state index < -0.39 is 11.7 Å². The minimum absolute atomic E-state index is 0.167. The fourth-order valence-electron chi connectivity index (χ4n) is 10.6. The Hall–Kier alpha value is -7.41. The van der Waals surface area contributed by atoms with Gasteiger partial charge in [-0.3, -0.25) is 0 Å². The van der Waals surface area contributed by atoms with E-state index >= 15 is 0 Å². The number of alkyl halides is 3. The Kier molecular flexibility index (Phi) is 8.78. The van der Waals surface area contributed by atoms with Crippen molar-refractivity contribution in [1.82, 2.24) is 0 Å². The average molecular weight is 867 g/mol. The van der Waals surface area contributed by atoms with Crippen LogP contribution in [0, 0.1) is 6.92 Å². The standard InChI is InChI=1S/C59H41F3N2S/c1-36-26-32-52(44-24-14-12-21-41(36)44)64(39-19-8-5-9-20-39)56-54-47-29-27-37-16-10-11-22-42(37)55(47)58(2,3)50(54)35-48-46-30-28-40(34-53(46)65-57(48)56)63(38-17-6-4-7-18-38)51-33-31-49(59(60,61)62)43-23-13-15-25-45(43)51/h4-35H,1-3H3. The normalized spacial score (nSPS) is 13.2. The molecule has 1 heterocycles. The minimum atomic E-state index is -4.50. The zero-order chi connectivity index (χ0) is 44.2. The molecule has 1 aliphatic rings. The highest BCUT2D eigenvalue weighted by atomic mass is 32.1. The number of nitrogens with zero attached hydrogens (tertiary/aromatic N) is 2. The van der Waals surface area contributed by atoms with Crippen LogP contribution in [-0.4, -0.2) is 0 Å². The number of para-hydroxylation sites is 2. The lowest BCUT2D eigenvalue weighted by atomic mass is 9.80. The van der Waals surface area contributed by atoms with E-state index in [1.165, 1.54) is 60.8 Å². The van der Waals surface area contributed by atoms with Crippen LogP contribution >= 0.6 is 11.3 Å². The van der Waals surface area contributed by atoms with Gasteiger partial charge in [0.15, 0.2) is 0 Å². The van der Waals surface area contributed by atoms with Gasteiger partial charge in [0.05, 0.1) is 27.3 Å². The predicted octanol–water partition coefficient (Wildman–Crippen LogP) is 18.1. The van der Waals surface area contributed by atoms with Crippen molar-refractivity contribution < 1.29 is 13.2 Å². The summed E-state index contributed by atoms with van der Waals surface area (Å²) in [4.78, 5) is 4.58. The van der Waals surface area contributed by atoms with Gasteiger partial charge in [0, 0.05) is 54.3 Å². The summed E-state index contributed by atoms with van der Waals surface area (Å²) in [7, 11) is 0. The first-order chi connectivity index (χ1) is 31.6. The van der Waals surface area contributed by atoms with Crippen molar-refractivity contribution in [2.45, 2.75) is 32.4 Å². The molecular weight excluding hydrogens is 826 g/mol. The van der Waals surface area contributed by atoms with Crippen LogP contribution in [-0.2, 0) is 11.6 Å². The summed E-state index contributed by atoms with van der Waals surface area (Å²) in [6.45, 7) is 6.91. The van der Waals surface area contributed by atoms with E-state index in [2.05, 4.69) is 158 Å². The van der Waals surface area contributed by atoms with Crippen LogP contribution in [0.5, 0.6) is 0 Å². The van der Waals surface area contributed by atoms with Crippen LogP contribution in [0.15, 0.2) is 194 Å². The van der Waals surface area contributed by atoms with E-state index in [0.717, 1.165) is 43.2 Å². The molecule has 0 radical (unpaired) electrons. The maximum atomic E-state index is 14.4. The van der Waals surface area contributed by atoms with Crippen LogP contribution in [0.1, 0.15) is 36.1 Å². The summed E-state index contributed by atoms with van der Waals surface area (Å²) < 4.78 is 45.6. The van der Waals surface area contributed by atoms with Crippen molar-refractivity contribution in [2.75, 3.05) is 9.80 Å². The molecule has 0 fully saturated rings. The molecule has 10 aromatic carbocycles. The Bertz CT molecular complexity index is 3700. The second-order valence-corrected chi connectivity index (χ2v) is 18.7. The molecule has 0 amide bonds. The SMILES string of the molecule is Cc1ccc(N(c2ccccc2)c2c3c(cc4c2sc2cc(N(c5ccccc5)c5ccc(C(F)(F)F)c6ccccc56)ccc24)C(C)(C)c2c-3ccc3ccccc23)c2ccccc12. The van der Waals surface area contributed by atoms with E-state index in [1.54, 1.807) is 35.6 Å². The molecule has 0 spiro atoms. The molecule has 314 valence electrons. The van der Waals surface area contributed by atoms with Gasteiger partial charge in [-0.2, -0.15) is 13.2 Å². The first kappa shape index (κ1) is 39.2. The number of halogens is 3. The van der Waals surface area contributed by atoms with E-state index in [4.69, 9.17) is 0 Å². The van der Waals surface area contributed by atoms with Gasteiger partial charge < -0.3 is 9.80 Å². The number of thiophene rings is 1. The number of benzene rings is 10. The first-order valence-electron chi connectivity index (χ1n) is 21.9. The Labute approximate surface area is 379 Å². The van der Waals surface area contributed by atoms with Crippen molar-refractivity contribution in [3.8, 4) is 11.1 Å². The summed E-state index contributed by atoms with van der Waals surface area (Å²) in [5.74, 6) is 0. The molecule has 2 nitrogen and oxygen atoms in total. The third-order valence-electron chi connectivity index (χ3n) is 13.5. The number of anilines is 6. The van der Waals surface area contributed by atoms with Gasteiger partial charge in [0.1, 0.15) is 0 Å². The van der Waals surface area contributed by atoms with Crippen molar-refractivity contribution >= 4 is 98.0 Å². The van der Waals surface area contributed by atoms with E-state index in [9.17, 15) is 13.2 Å². The Morgan fingerprint density at radius 2 is 1.06 bits per heavy atom. The van der Waals surface area contributed by atoms with Crippen molar-refractivity contribution in [3.63, 3.8) is 0 Å². The fourth-order valence-corrected chi connectivity index (χ4v) is 11.9. The molecule has 1 aliphatic carbocycles. The van der Waals surface area contributed by atoms with Gasteiger partial charge in [-0.05, 0) is 111 Å². The average Bonchev–Trinajstić information content (AvgIpc) is 3.81. The van der Waals surface area contributed by atoms with Crippen LogP contribution in [0.3, 0.4) is 0 Å².